The van der Waals surface area contributed by atoms with Gasteiger partial charge in [-0.2, -0.15) is 0 Å². The smallest absolute Gasteiger partial charge is 0.0735 e. The van der Waals surface area contributed by atoms with Crippen LogP contribution in [0.3, 0.4) is 0 Å². The molecule has 2 rings (SSSR count). The molecule has 0 spiro atoms. The zero-order valence-electron chi connectivity index (χ0n) is 12.4. The number of hydrogen-bond donors (Lipinski definition) is 1. The average Bonchev–Trinajstić information content (AvgIpc) is 2.45. The first-order valence-electron chi connectivity index (χ1n) is 7.53. The Bertz CT molecular complexity index is 363. The molecule has 0 amide bonds. The molecule has 1 aliphatic rings. The van der Waals surface area contributed by atoms with E-state index in [9.17, 15) is 0 Å². The highest BCUT2D eigenvalue weighted by Gasteiger charge is 2.31. The lowest BCUT2D eigenvalue weighted by Crippen LogP contribution is -2.44. The van der Waals surface area contributed by atoms with Gasteiger partial charge in [0.15, 0.2) is 0 Å². The van der Waals surface area contributed by atoms with Gasteiger partial charge >= 0.3 is 0 Å². The maximum atomic E-state index is 6.19. The van der Waals surface area contributed by atoms with Crippen LogP contribution in [0.15, 0.2) is 30.3 Å². The Kier molecular flexibility index (Phi) is 5.41. The summed E-state index contributed by atoms with van der Waals surface area (Å²) in [5.41, 5.74) is 1.27. The van der Waals surface area contributed by atoms with Crippen LogP contribution in [0.25, 0.3) is 0 Å². The molecule has 106 valence electrons. The fourth-order valence-corrected chi connectivity index (χ4v) is 3.06. The van der Waals surface area contributed by atoms with Gasteiger partial charge in [-0.15, -0.1) is 0 Å². The van der Waals surface area contributed by atoms with Crippen molar-refractivity contribution in [2.75, 3.05) is 7.05 Å². The lowest BCUT2D eigenvalue weighted by atomic mass is 9.78. The van der Waals surface area contributed by atoms with E-state index in [4.69, 9.17) is 4.74 Å². The summed E-state index contributed by atoms with van der Waals surface area (Å²) >= 11 is 0. The van der Waals surface area contributed by atoms with Crippen LogP contribution in [0.2, 0.25) is 0 Å². The monoisotopic (exact) mass is 261 g/mol. The van der Waals surface area contributed by atoms with Crippen molar-refractivity contribution in [1.29, 1.82) is 0 Å². The van der Waals surface area contributed by atoms with Gasteiger partial charge in [0.25, 0.3) is 0 Å². The highest BCUT2D eigenvalue weighted by atomic mass is 16.5. The van der Waals surface area contributed by atoms with Gasteiger partial charge in [-0.05, 0) is 43.7 Å². The van der Waals surface area contributed by atoms with E-state index in [1.807, 2.05) is 0 Å². The molecule has 0 aromatic heterocycles. The lowest BCUT2D eigenvalue weighted by molar-refractivity contribution is -0.0243. The molecular formula is C17H27NO. The summed E-state index contributed by atoms with van der Waals surface area (Å²) in [6, 6.07) is 11.0. The summed E-state index contributed by atoms with van der Waals surface area (Å²) in [4.78, 5) is 0. The first kappa shape index (κ1) is 14.5. The molecule has 19 heavy (non-hydrogen) atoms. The van der Waals surface area contributed by atoms with Crippen LogP contribution in [0, 0.1) is 11.8 Å². The van der Waals surface area contributed by atoms with Crippen molar-refractivity contribution in [3.05, 3.63) is 35.9 Å². The summed E-state index contributed by atoms with van der Waals surface area (Å²) in [5.74, 6) is 1.58. The number of likely N-dealkylation sites (N-methyl/N-ethyl adjacent to an activating group) is 1. The van der Waals surface area contributed by atoms with Gasteiger partial charge in [-0.25, -0.2) is 0 Å². The third kappa shape index (κ3) is 4.05. The fraction of sp³-hybridized carbons (Fsp3) is 0.647. The van der Waals surface area contributed by atoms with Crippen LogP contribution >= 0.6 is 0 Å². The third-order valence-electron chi connectivity index (χ3n) is 4.45. The highest BCUT2D eigenvalue weighted by Crippen LogP contribution is 2.32. The second-order valence-corrected chi connectivity index (χ2v) is 6.05. The topological polar surface area (TPSA) is 21.3 Å². The predicted molar refractivity (Wildman–Crippen MR) is 80.0 cm³/mol. The van der Waals surface area contributed by atoms with E-state index in [-0.39, 0.29) is 0 Å². The molecule has 1 aromatic carbocycles. The Morgan fingerprint density at radius 3 is 2.58 bits per heavy atom. The minimum Gasteiger partial charge on any atom is -0.372 e. The normalized spacial score (nSPS) is 27.7. The van der Waals surface area contributed by atoms with Crippen molar-refractivity contribution < 1.29 is 4.74 Å². The molecule has 1 fully saturated rings. The quantitative estimate of drug-likeness (QED) is 0.874. The number of hydrogen-bond acceptors (Lipinski definition) is 2. The first-order chi connectivity index (χ1) is 9.20. The van der Waals surface area contributed by atoms with E-state index in [1.165, 1.54) is 24.8 Å². The van der Waals surface area contributed by atoms with Gasteiger partial charge in [0.1, 0.15) is 0 Å². The van der Waals surface area contributed by atoms with Crippen molar-refractivity contribution in [2.45, 2.75) is 51.9 Å². The van der Waals surface area contributed by atoms with Crippen molar-refractivity contribution in [2.24, 2.45) is 11.8 Å². The minimum absolute atomic E-state index is 0.353. The standard InChI is InChI=1S/C17H27NO/c1-13(2)15-9-10-16(18-3)17(11-15)19-12-14-7-5-4-6-8-14/h4-8,13,15-18H,9-12H2,1-3H3. The zero-order chi connectivity index (χ0) is 13.7. The molecule has 1 aromatic rings. The Morgan fingerprint density at radius 1 is 1.21 bits per heavy atom. The van der Waals surface area contributed by atoms with Crippen molar-refractivity contribution in [3.63, 3.8) is 0 Å². The van der Waals surface area contributed by atoms with Crippen LogP contribution < -0.4 is 5.32 Å². The van der Waals surface area contributed by atoms with Gasteiger partial charge < -0.3 is 10.1 Å². The highest BCUT2D eigenvalue weighted by molar-refractivity contribution is 5.13. The Hall–Kier alpha value is -0.860. The number of benzene rings is 1. The Morgan fingerprint density at radius 2 is 1.95 bits per heavy atom. The van der Waals surface area contributed by atoms with Crippen LogP contribution in [-0.4, -0.2) is 19.2 Å². The second-order valence-electron chi connectivity index (χ2n) is 6.05. The average molecular weight is 261 g/mol. The maximum absolute atomic E-state index is 6.19. The van der Waals surface area contributed by atoms with Crippen LogP contribution in [0.4, 0.5) is 0 Å². The summed E-state index contributed by atoms with van der Waals surface area (Å²) in [6.45, 7) is 5.39. The van der Waals surface area contributed by atoms with Gasteiger partial charge in [0.2, 0.25) is 0 Å². The molecule has 0 saturated heterocycles. The molecule has 0 heterocycles. The van der Waals surface area contributed by atoms with Crippen molar-refractivity contribution >= 4 is 0 Å². The third-order valence-corrected chi connectivity index (χ3v) is 4.45. The maximum Gasteiger partial charge on any atom is 0.0735 e. The molecule has 0 bridgehead atoms. The van der Waals surface area contributed by atoms with E-state index in [1.54, 1.807) is 0 Å². The SMILES string of the molecule is CNC1CCC(C(C)C)CC1OCc1ccccc1. The lowest BCUT2D eigenvalue weighted by Gasteiger charge is -2.37. The Balaban J connectivity index is 1.91. The molecule has 1 N–H and O–H groups in total. The summed E-state index contributed by atoms with van der Waals surface area (Å²) in [7, 11) is 2.05. The predicted octanol–water partition coefficient (Wildman–Crippen LogP) is 3.62. The summed E-state index contributed by atoms with van der Waals surface area (Å²) < 4.78 is 6.19. The first-order valence-corrected chi connectivity index (χ1v) is 7.53. The van der Waals surface area contributed by atoms with E-state index in [2.05, 4.69) is 56.5 Å². The van der Waals surface area contributed by atoms with Gasteiger partial charge in [-0.1, -0.05) is 44.2 Å². The molecule has 3 unspecified atom stereocenters. The number of rotatable bonds is 5. The van der Waals surface area contributed by atoms with Crippen molar-refractivity contribution in [3.8, 4) is 0 Å². The zero-order valence-corrected chi connectivity index (χ0v) is 12.4. The molecule has 1 aliphatic carbocycles. The molecular weight excluding hydrogens is 234 g/mol. The molecule has 0 radical (unpaired) electrons. The molecule has 2 nitrogen and oxygen atoms in total. The van der Waals surface area contributed by atoms with Crippen LogP contribution in [-0.2, 0) is 11.3 Å². The molecule has 2 heteroatoms. The summed E-state index contributed by atoms with van der Waals surface area (Å²) in [6.07, 6.45) is 4.11. The largest absolute Gasteiger partial charge is 0.372 e. The van der Waals surface area contributed by atoms with E-state index in [0.29, 0.717) is 12.1 Å². The van der Waals surface area contributed by atoms with E-state index < -0.39 is 0 Å². The molecule has 3 atom stereocenters. The minimum atomic E-state index is 0.353. The van der Waals surface area contributed by atoms with E-state index >= 15 is 0 Å². The van der Waals surface area contributed by atoms with Crippen molar-refractivity contribution in [1.82, 2.24) is 5.32 Å². The van der Waals surface area contributed by atoms with Crippen LogP contribution in [0.5, 0.6) is 0 Å². The fourth-order valence-electron chi connectivity index (χ4n) is 3.06. The number of nitrogens with one attached hydrogen (secondary N) is 1. The van der Waals surface area contributed by atoms with Gasteiger partial charge in [0, 0.05) is 6.04 Å². The Labute approximate surface area is 117 Å². The van der Waals surface area contributed by atoms with E-state index in [0.717, 1.165) is 18.4 Å². The number of ether oxygens (including phenoxy) is 1. The van der Waals surface area contributed by atoms with Crippen LogP contribution in [0.1, 0.15) is 38.7 Å². The summed E-state index contributed by atoms with van der Waals surface area (Å²) in [5, 5.41) is 3.42. The molecule has 0 aliphatic heterocycles. The van der Waals surface area contributed by atoms with Gasteiger partial charge in [0.05, 0.1) is 12.7 Å². The second kappa shape index (κ2) is 7.06. The van der Waals surface area contributed by atoms with Gasteiger partial charge in [-0.3, -0.25) is 0 Å². The molecule has 1 saturated carbocycles.